The molecule has 3 rings (SSSR count). The topological polar surface area (TPSA) is 35.2 Å². The van der Waals surface area contributed by atoms with E-state index in [0.717, 1.165) is 41.5 Å². The van der Waals surface area contributed by atoms with Crippen LogP contribution in [0.3, 0.4) is 0 Å². The lowest BCUT2D eigenvalue weighted by molar-refractivity contribution is 0.357. The summed E-state index contributed by atoms with van der Waals surface area (Å²) in [6.45, 7) is 0.655. The van der Waals surface area contributed by atoms with Crippen LogP contribution in [-0.4, -0.2) is 6.61 Å². The lowest BCUT2D eigenvalue weighted by Gasteiger charge is -2.14. The van der Waals surface area contributed by atoms with Gasteiger partial charge in [-0.1, -0.05) is 12.1 Å². The van der Waals surface area contributed by atoms with Crippen molar-refractivity contribution in [3.05, 3.63) is 64.7 Å². The minimum atomic E-state index is -0.679. The maximum Gasteiger partial charge on any atom is 0.128 e. The minimum Gasteiger partial charge on any atom is -0.493 e. The van der Waals surface area contributed by atoms with Crippen molar-refractivity contribution in [1.29, 1.82) is 0 Å². The van der Waals surface area contributed by atoms with Crippen LogP contribution < -0.4 is 10.5 Å². The summed E-state index contributed by atoms with van der Waals surface area (Å²) in [5.41, 5.74) is 8.02. The molecule has 2 nitrogen and oxygen atoms in total. The fourth-order valence-corrected chi connectivity index (χ4v) is 2.33. The van der Waals surface area contributed by atoms with E-state index < -0.39 is 17.7 Å². The van der Waals surface area contributed by atoms with E-state index >= 15 is 0 Å². The van der Waals surface area contributed by atoms with Crippen molar-refractivity contribution in [2.75, 3.05) is 6.61 Å². The lowest BCUT2D eigenvalue weighted by atomic mass is 9.97. The van der Waals surface area contributed by atoms with Crippen LogP contribution >= 0.6 is 0 Å². The summed E-state index contributed by atoms with van der Waals surface area (Å²) in [4.78, 5) is 0. The van der Waals surface area contributed by atoms with Gasteiger partial charge in [0.05, 0.1) is 12.6 Å². The summed E-state index contributed by atoms with van der Waals surface area (Å²) in [5.74, 6) is -0.141. The van der Waals surface area contributed by atoms with Gasteiger partial charge in [0.25, 0.3) is 0 Å². The average molecular weight is 261 g/mol. The van der Waals surface area contributed by atoms with E-state index in [1.165, 1.54) is 0 Å². The molecule has 0 saturated carbocycles. The van der Waals surface area contributed by atoms with Crippen LogP contribution in [-0.2, 0) is 6.42 Å². The average Bonchev–Trinajstić information content (AvgIpc) is 2.88. The van der Waals surface area contributed by atoms with Crippen LogP contribution in [0.5, 0.6) is 5.75 Å². The SMILES string of the molecule is NC(c1ccc2c(c1)CCO2)c1cc(F)ccc1F. The molecule has 0 fully saturated rings. The second-order valence-corrected chi connectivity index (χ2v) is 4.61. The molecule has 1 aliphatic heterocycles. The van der Waals surface area contributed by atoms with Gasteiger partial charge in [0.2, 0.25) is 0 Å². The van der Waals surface area contributed by atoms with Crippen LogP contribution in [0.1, 0.15) is 22.7 Å². The second kappa shape index (κ2) is 4.63. The number of benzene rings is 2. The molecule has 4 heteroatoms. The molecule has 19 heavy (non-hydrogen) atoms. The first-order chi connectivity index (χ1) is 9.15. The number of hydrogen-bond acceptors (Lipinski definition) is 2. The van der Waals surface area contributed by atoms with Crippen molar-refractivity contribution in [3.8, 4) is 5.75 Å². The van der Waals surface area contributed by atoms with Crippen LogP contribution in [0.15, 0.2) is 36.4 Å². The van der Waals surface area contributed by atoms with E-state index in [2.05, 4.69) is 0 Å². The molecule has 0 amide bonds. The van der Waals surface area contributed by atoms with Gasteiger partial charge in [-0.15, -0.1) is 0 Å². The molecule has 98 valence electrons. The Morgan fingerprint density at radius 3 is 2.79 bits per heavy atom. The third-order valence-electron chi connectivity index (χ3n) is 3.37. The van der Waals surface area contributed by atoms with Crippen LogP contribution in [0.4, 0.5) is 8.78 Å². The Morgan fingerprint density at radius 2 is 1.95 bits per heavy atom. The zero-order valence-corrected chi connectivity index (χ0v) is 10.2. The Bertz CT molecular complexity index is 628. The Hall–Kier alpha value is -1.94. The third kappa shape index (κ3) is 2.19. The Labute approximate surface area is 109 Å². The Morgan fingerprint density at radius 1 is 1.11 bits per heavy atom. The highest BCUT2D eigenvalue weighted by atomic mass is 19.1. The highest BCUT2D eigenvalue weighted by Gasteiger charge is 2.18. The minimum absolute atomic E-state index is 0.166. The maximum absolute atomic E-state index is 13.7. The summed E-state index contributed by atoms with van der Waals surface area (Å²) in [6, 6.07) is 8.17. The zero-order valence-electron chi connectivity index (χ0n) is 10.2. The first kappa shape index (κ1) is 12.1. The summed E-state index contributed by atoms with van der Waals surface area (Å²) < 4.78 is 32.3. The van der Waals surface area contributed by atoms with Crippen molar-refractivity contribution < 1.29 is 13.5 Å². The monoisotopic (exact) mass is 261 g/mol. The molecular formula is C15H13F2NO. The van der Waals surface area contributed by atoms with E-state index in [-0.39, 0.29) is 5.56 Å². The molecule has 0 bridgehead atoms. The molecule has 0 spiro atoms. The molecule has 0 aromatic heterocycles. The molecule has 1 atom stereocenters. The maximum atomic E-state index is 13.7. The van der Waals surface area contributed by atoms with E-state index in [0.29, 0.717) is 6.61 Å². The molecule has 2 aromatic rings. The highest BCUT2D eigenvalue weighted by molar-refractivity contribution is 5.43. The van der Waals surface area contributed by atoms with Crippen molar-refractivity contribution >= 4 is 0 Å². The fourth-order valence-electron chi connectivity index (χ4n) is 2.33. The van der Waals surface area contributed by atoms with Gasteiger partial charge in [0.15, 0.2) is 0 Å². The van der Waals surface area contributed by atoms with Gasteiger partial charge >= 0.3 is 0 Å². The smallest absolute Gasteiger partial charge is 0.128 e. The van der Waals surface area contributed by atoms with E-state index in [4.69, 9.17) is 10.5 Å². The second-order valence-electron chi connectivity index (χ2n) is 4.61. The normalized spacial score (nSPS) is 14.9. The van der Waals surface area contributed by atoms with Crippen LogP contribution in [0, 0.1) is 11.6 Å². The summed E-state index contributed by atoms with van der Waals surface area (Å²) >= 11 is 0. The van der Waals surface area contributed by atoms with Crippen molar-refractivity contribution in [2.24, 2.45) is 5.73 Å². The molecule has 1 unspecified atom stereocenters. The standard InChI is InChI=1S/C15H13F2NO/c16-11-2-3-13(17)12(8-11)15(18)10-1-4-14-9(7-10)5-6-19-14/h1-4,7-8,15H,5-6,18H2. The molecule has 0 radical (unpaired) electrons. The predicted octanol–water partition coefficient (Wildman–Crippen LogP) is 2.95. The van der Waals surface area contributed by atoms with Gasteiger partial charge in [-0.05, 0) is 35.4 Å². The summed E-state index contributed by atoms with van der Waals surface area (Å²) in [6.07, 6.45) is 0.821. The van der Waals surface area contributed by atoms with Crippen LogP contribution in [0.25, 0.3) is 0 Å². The van der Waals surface area contributed by atoms with Gasteiger partial charge in [-0.2, -0.15) is 0 Å². The van der Waals surface area contributed by atoms with Crippen LogP contribution in [0.2, 0.25) is 0 Å². The van der Waals surface area contributed by atoms with E-state index in [9.17, 15) is 8.78 Å². The van der Waals surface area contributed by atoms with Crippen molar-refractivity contribution in [3.63, 3.8) is 0 Å². The molecule has 2 N–H and O–H groups in total. The van der Waals surface area contributed by atoms with E-state index in [1.54, 1.807) is 6.07 Å². The van der Waals surface area contributed by atoms with Gasteiger partial charge in [-0.25, -0.2) is 8.78 Å². The summed E-state index contributed by atoms with van der Waals surface area (Å²) in [5, 5.41) is 0. The first-order valence-corrected chi connectivity index (χ1v) is 6.11. The number of ether oxygens (including phenoxy) is 1. The predicted molar refractivity (Wildman–Crippen MR) is 68.0 cm³/mol. The number of rotatable bonds is 2. The number of fused-ring (bicyclic) bond motifs is 1. The summed E-state index contributed by atoms with van der Waals surface area (Å²) in [7, 11) is 0. The van der Waals surface area contributed by atoms with E-state index in [1.807, 2.05) is 12.1 Å². The molecule has 0 saturated heterocycles. The number of hydrogen-bond donors (Lipinski definition) is 1. The van der Waals surface area contributed by atoms with Crippen molar-refractivity contribution in [1.82, 2.24) is 0 Å². The zero-order chi connectivity index (χ0) is 13.4. The van der Waals surface area contributed by atoms with Gasteiger partial charge in [-0.3, -0.25) is 0 Å². The Balaban J connectivity index is 1.99. The highest BCUT2D eigenvalue weighted by Crippen LogP contribution is 2.30. The van der Waals surface area contributed by atoms with Gasteiger partial charge in [0, 0.05) is 12.0 Å². The molecule has 2 aromatic carbocycles. The first-order valence-electron chi connectivity index (χ1n) is 6.11. The lowest BCUT2D eigenvalue weighted by Crippen LogP contribution is -2.14. The van der Waals surface area contributed by atoms with Gasteiger partial charge in [0.1, 0.15) is 17.4 Å². The quantitative estimate of drug-likeness (QED) is 0.902. The molecule has 0 aliphatic carbocycles. The third-order valence-corrected chi connectivity index (χ3v) is 3.37. The largest absolute Gasteiger partial charge is 0.493 e. The van der Waals surface area contributed by atoms with Gasteiger partial charge < -0.3 is 10.5 Å². The molecule has 1 aliphatic rings. The number of halogens is 2. The van der Waals surface area contributed by atoms with Crippen molar-refractivity contribution in [2.45, 2.75) is 12.5 Å². The fraction of sp³-hybridized carbons (Fsp3) is 0.200. The Kier molecular flexibility index (Phi) is 2.95. The number of nitrogens with two attached hydrogens (primary N) is 1. The molecular weight excluding hydrogens is 248 g/mol. The molecule has 1 heterocycles.